The summed E-state index contributed by atoms with van der Waals surface area (Å²) < 4.78 is 0. The SMILES string of the molecule is CNCC(C)(C)C(=O)c1ccccn1. The molecule has 0 radical (unpaired) electrons. The summed E-state index contributed by atoms with van der Waals surface area (Å²) in [5.74, 6) is 0.0763. The lowest BCUT2D eigenvalue weighted by molar-refractivity contribution is 0.0833. The molecule has 0 aromatic carbocycles. The number of nitrogens with zero attached hydrogens (tertiary/aromatic N) is 1. The molecule has 0 atom stereocenters. The molecule has 0 bridgehead atoms. The van der Waals surface area contributed by atoms with E-state index in [4.69, 9.17) is 0 Å². The van der Waals surface area contributed by atoms with Crippen molar-refractivity contribution in [3.63, 3.8) is 0 Å². The highest BCUT2D eigenvalue weighted by atomic mass is 16.1. The number of hydrogen-bond donors (Lipinski definition) is 1. The predicted molar refractivity (Wildman–Crippen MR) is 56.3 cm³/mol. The number of rotatable bonds is 4. The maximum absolute atomic E-state index is 12.0. The number of ketones is 1. The Morgan fingerprint density at radius 3 is 2.71 bits per heavy atom. The standard InChI is InChI=1S/C11H16N2O/c1-11(2,8-12-3)10(14)9-6-4-5-7-13-9/h4-7,12H,8H2,1-3H3. The van der Waals surface area contributed by atoms with Gasteiger partial charge in [0.25, 0.3) is 0 Å². The van der Waals surface area contributed by atoms with Crippen LogP contribution < -0.4 is 5.32 Å². The number of hydrogen-bond acceptors (Lipinski definition) is 3. The van der Waals surface area contributed by atoms with Gasteiger partial charge in [0.05, 0.1) is 0 Å². The third-order valence-electron chi connectivity index (χ3n) is 2.13. The Bertz CT molecular complexity index is 306. The van der Waals surface area contributed by atoms with Crippen LogP contribution in [0.5, 0.6) is 0 Å². The molecule has 1 N–H and O–H groups in total. The van der Waals surface area contributed by atoms with Gasteiger partial charge < -0.3 is 5.32 Å². The van der Waals surface area contributed by atoms with Crippen molar-refractivity contribution in [1.29, 1.82) is 0 Å². The molecule has 0 aliphatic heterocycles. The number of pyridine rings is 1. The van der Waals surface area contributed by atoms with Crippen molar-refractivity contribution in [3.8, 4) is 0 Å². The molecule has 1 aromatic rings. The normalized spacial score (nSPS) is 11.4. The molecule has 0 spiro atoms. The van der Waals surface area contributed by atoms with Gasteiger partial charge in [0, 0.05) is 18.2 Å². The van der Waals surface area contributed by atoms with E-state index in [1.165, 1.54) is 0 Å². The molecule has 0 saturated heterocycles. The monoisotopic (exact) mass is 192 g/mol. The highest BCUT2D eigenvalue weighted by molar-refractivity contribution is 5.98. The molecule has 1 rings (SSSR count). The Morgan fingerprint density at radius 2 is 2.21 bits per heavy atom. The summed E-state index contributed by atoms with van der Waals surface area (Å²) in [4.78, 5) is 16.0. The average Bonchev–Trinajstić information content (AvgIpc) is 2.18. The smallest absolute Gasteiger partial charge is 0.188 e. The van der Waals surface area contributed by atoms with Gasteiger partial charge in [-0.25, -0.2) is 0 Å². The Balaban J connectivity index is 2.85. The number of aromatic nitrogens is 1. The summed E-state index contributed by atoms with van der Waals surface area (Å²) in [6, 6.07) is 5.39. The molecule has 0 amide bonds. The van der Waals surface area contributed by atoms with Gasteiger partial charge in [-0.05, 0) is 19.2 Å². The van der Waals surface area contributed by atoms with E-state index in [1.807, 2.05) is 33.0 Å². The first-order valence-electron chi connectivity index (χ1n) is 4.68. The second-order valence-electron chi connectivity index (χ2n) is 3.96. The van der Waals surface area contributed by atoms with Crippen molar-refractivity contribution in [2.75, 3.05) is 13.6 Å². The minimum atomic E-state index is -0.400. The minimum absolute atomic E-state index is 0.0763. The van der Waals surface area contributed by atoms with Crippen LogP contribution in [0.25, 0.3) is 0 Å². The van der Waals surface area contributed by atoms with Crippen molar-refractivity contribution in [3.05, 3.63) is 30.1 Å². The van der Waals surface area contributed by atoms with Crippen LogP contribution in [0.3, 0.4) is 0 Å². The van der Waals surface area contributed by atoms with Gasteiger partial charge >= 0.3 is 0 Å². The molecule has 1 aromatic heterocycles. The average molecular weight is 192 g/mol. The van der Waals surface area contributed by atoms with Gasteiger partial charge in [0.1, 0.15) is 5.69 Å². The number of Topliss-reactive ketones (excluding diaryl/α,β-unsaturated/α-hetero) is 1. The van der Waals surface area contributed by atoms with Crippen molar-refractivity contribution in [1.82, 2.24) is 10.3 Å². The predicted octanol–water partition coefficient (Wildman–Crippen LogP) is 1.51. The molecular weight excluding hydrogens is 176 g/mol. The lowest BCUT2D eigenvalue weighted by Gasteiger charge is -2.21. The van der Waals surface area contributed by atoms with E-state index in [-0.39, 0.29) is 5.78 Å². The van der Waals surface area contributed by atoms with Crippen LogP contribution in [0.4, 0.5) is 0 Å². The summed E-state index contributed by atoms with van der Waals surface area (Å²) in [5.41, 5.74) is 0.135. The zero-order valence-corrected chi connectivity index (χ0v) is 8.87. The van der Waals surface area contributed by atoms with Crippen LogP contribution in [0.15, 0.2) is 24.4 Å². The molecule has 0 unspecified atom stereocenters. The Kier molecular flexibility index (Phi) is 3.36. The van der Waals surface area contributed by atoms with Gasteiger partial charge in [0.2, 0.25) is 0 Å². The maximum Gasteiger partial charge on any atom is 0.188 e. The van der Waals surface area contributed by atoms with Crippen LogP contribution in [-0.4, -0.2) is 24.4 Å². The third kappa shape index (κ3) is 2.39. The Hall–Kier alpha value is -1.22. The van der Waals surface area contributed by atoms with Gasteiger partial charge in [-0.15, -0.1) is 0 Å². The molecule has 1 heterocycles. The van der Waals surface area contributed by atoms with Crippen molar-refractivity contribution < 1.29 is 4.79 Å². The summed E-state index contributed by atoms with van der Waals surface area (Å²) in [6.45, 7) is 4.49. The fourth-order valence-corrected chi connectivity index (χ4v) is 1.37. The van der Waals surface area contributed by atoms with Gasteiger partial charge in [-0.1, -0.05) is 19.9 Å². The summed E-state index contributed by atoms with van der Waals surface area (Å²) >= 11 is 0. The number of nitrogens with one attached hydrogen (secondary N) is 1. The number of carbonyl (C=O) groups excluding carboxylic acids is 1. The Labute approximate surface area is 84.6 Å². The molecule has 3 heteroatoms. The fraction of sp³-hybridized carbons (Fsp3) is 0.455. The van der Waals surface area contributed by atoms with E-state index >= 15 is 0 Å². The quantitative estimate of drug-likeness (QED) is 0.735. The van der Waals surface area contributed by atoms with E-state index in [0.717, 1.165) is 0 Å². The summed E-state index contributed by atoms with van der Waals surface area (Å²) in [5, 5.41) is 3.01. The molecule has 3 nitrogen and oxygen atoms in total. The molecule has 0 saturated carbocycles. The van der Waals surface area contributed by atoms with Crippen LogP contribution in [0, 0.1) is 5.41 Å². The molecule has 0 fully saturated rings. The molecule has 14 heavy (non-hydrogen) atoms. The van der Waals surface area contributed by atoms with Crippen LogP contribution >= 0.6 is 0 Å². The lowest BCUT2D eigenvalue weighted by Crippen LogP contribution is -2.35. The second kappa shape index (κ2) is 4.33. The first kappa shape index (κ1) is 10.9. The highest BCUT2D eigenvalue weighted by Crippen LogP contribution is 2.19. The third-order valence-corrected chi connectivity index (χ3v) is 2.13. The van der Waals surface area contributed by atoms with Crippen LogP contribution in [0.2, 0.25) is 0 Å². The largest absolute Gasteiger partial charge is 0.319 e. The van der Waals surface area contributed by atoms with Crippen LogP contribution in [-0.2, 0) is 0 Å². The topological polar surface area (TPSA) is 42.0 Å². The van der Waals surface area contributed by atoms with Crippen molar-refractivity contribution >= 4 is 5.78 Å². The van der Waals surface area contributed by atoms with E-state index in [0.29, 0.717) is 12.2 Å². The summed E-state index contributed by atoms with van der Waals surface area (Å²) in [7, 11) is 1.84. The van der Waals surface area contributed by atoms with Crippen LogP contribution in [0.1, 0.15) is 24.3 Å². The highest BCUT2D eigenvalue weighted by Gasteiger charge is 2.28. The minimum Gasteiger partial charge on any atom is -0.319 e. The lowest BCUT2D eigenvalue weighted by atomic mass is 9.86. The maximum atomic E-state index is 12.0. The zero-order chi connectivity index (χ0) is 10.6. The molecule has 0 aliphatic rings. The zero-order valence-electron chi connectivity index (χ0n) is 8.87. The first-order chi connectivity index (χ1) is 6.58. The van der Waals surface area contributed by atoms with Crippen molar-refractivity contribution in [2.45, 2.75) is 13.8 Å². The van der Waals surface area contributed by atoms with Gasteiger partial charge in [-0.2, -0.15) is 0 Å². The fourth-order valence-electron chi connectivity index (χ4n) is 1.37. The first-order valence-corrected chi connectivity index (χ1v) is 4.68. The Morgan fingerprint density at radius 1 is 1.50 bits per heavy atom. The van der Waals surface area contributed by atoms with E-state index in [2.05, 4.69) is 10.3 Å². The van der Waals surface area contributed by atoms with Crippen molar-refractivity contribution in [2.24, 2.45) is 5.41 Å². The van der Waals surface area contributed by atoms with E-state index in [1.54, 1.807) is 12.3 Å². The molecule has 0 aliphatic carbocycles. The molecule has 76 valence electrons. The second-order valence-corrected chi connectivity index (χ2v) is 3.96. The van der Waals surface area contributed by atoms with Gasteiger partial charge in [0.15, 0.2) is 5.78 Å². The summed E-state index contributed by atoms with van der Waals surface area (Å²) in [6.07, 6.45) is 1.64. The number of carbonyl (C=O) groups is 1. The van der Waals surface area contributed by atoms with Gasteiger partial charge in [-0.3, -0.25) is 9.78 Å². The molecular formula is C11H16N2O. The van der Waals surface area contributed by atoms with E-state index in [9.17, 15) is 4.79 Å². The van der Waals surface area contributed by atoms with E-state index < -0.39 is 5.41 Å².